The number of hydrogen-bond donors (Lipinski definition) is 1. The van der Waals surface area contributed by atoms with Crippen LogP contribution in [0.1, 0.15) is 30.3 Å². The van der Waals surface area contributed by atoms with Gasteiger partial charge in [-0.2, -0.15) is 0 Å². The van der Waals surface area contributed by atoms with E-state index in [0.29, 0.717) is 17.4 Å². The van der Waals surface area contributed by atoms with Crippen molar-refractivity contribution in [3.05, 3.63) is 29.1 Å². The van der Waals surface area contributed by atoms with E-state index < -0.39 is 0 Å². The molecule has 0 amide bonds. The van der Waals surface area contributed by atoms with Crippen molar-refractivity contribution < 1.29 is 4.74 Å². The van der Waals surface area contributed by atoms with Crippen molar-refractivity contribution in [2.75, 3.05) is 13.7 Å². The molecule has 2 rings (SSSR count). The lowest BCUT2D eigenvalue weighted by Crippen LogP contribution is -2.17. The molecule has 6 heteroatoms. The molecule has 2 aromatic heterocycles. The Morgan fingerprint density at radius 1 is 1.10 bits per heavy atom. The Morgan fingerprint density at radius 2 is 1.81 bits per heavy atom. The van der Waals surface area contributed by atoms with E-state index in [1.807, 2.05) is 19.9 Å². The summed E-state index contributed by atoms with van der Waals surface area (Å²) in [6, 6.07) is 3.57. The zero-order chi connectivity index (χ0) is 15.2. The average Bonchev–Trinajstić information content (AvgIpc) is 2.50. The fourth-order valence-electron chi connectivity index (χ4n) is 2.05. The summed E-state index contributed by atoms with van der Waals surface area (Å²) in [4.78, 5) is 9.09. The van der Waals surface area contributed by atoms with E-state index in [4.69, 9.17) is 4.74 Å². The number of nitrogens with zero attached hydrogens (tertiary/aromatic N) is 4. The summed E-state index contributed by atoms with van der Waals surface area (Å²) >= 11 is 0. The average molecular weight is 287 g/mol. The van der Waals surface area contributed by atoms with Gasteiger partial charge in [-0.25, -0.2) is 9.97 Å². The highest BCUT2D eigenvalue weighted by Crippen LogP contribution is 2.17. The number of aromatic nitrogens is 4. The minimum absolute atomic E-state index is 0.479. The molecule has 0 fully saturated rings. The summed E-state index contributed by atoms with van der Waals surface area (Å²) in [5.74, 6) is 1.08. The summed E-state index contributed by atoms with van der Waals surface area (Å²) in [6.45, 7) is 7.93. The molecule has 0 bridgehead atoms. The highest BCUT2D eigenvalue weighted by molar-refractivity contribution is 5.50. The molecule has 0 saturated heterocycles. The van der Waals surface area contributed by atoms with E-state index in [-0.39, 0.29) is 0 Å². The SMILES string of the molecule is CCCNCc1c(C)nc(-c2ccc(OC)nn2)nc1C. The number of hydrogen-bond acceptors (Lipinski definition) is 6. The molecule has 0 aromatic carbocycles. The zero-order valence-corrected chi connectivity index (χ0v) is 13.0. The summed E-state index contributed by atoms with van der Waals surface area (Å²) in [7, 11) is 1.56. The van der Waals surface area contributed by atoms with Gasteiger partial charge in [0, 0.05) is 29.6 Å². The lowest BCUT2D eigenvalue weighted by Gasteiger charge is -2.11. The molecule has 6 nitrogen and oxygen atoms in total. The number of aryl methyl sites for hydroxylation is 2. The van der Waals surface area contributed by atoms with Crippen LogP contribution in [-0.4, -0.2) is 33.8 Å². The number of methoxy groups -OCH3 is 1. The topological polar surface area (TPSA) is 72.8 Å². The van der Waals surface area contributed by atoms with Crippen LogP contribution in [0.25, 0.3) is 11.5 Å². The molecule has 0 aliphatic heterocycles. The maximum absolute atomic E-state index is 5.00. The van der Waals surface area contributed by atoms with Crippen LogP contribution in [0.4, 0.5) is 0 Å². The van der Waals surface area contributed by atoms with E-state index in [1.165, 1.54) is 0 Å². The van der Waals surface area contributed by atoms with Gasteiger partial charge in [-0.15, -0.1) is 10.2 Å². The van der Waals surface area contributed by atoms with Crippen LogP contribution in [0.15, 0.2) is 12.1 Å². The molecule has 0 saturated carbocycles. The van der Waals surface area contributed by atoms with Crippen LogP contribution in [0.5, 0.6) is 5.88 Å². The Labute approximate surface area is 125 Å². The molecule has 0 unspecified atom stereocenters. The van der Waals surface area contributed by atoms with Gasteiger partial charge >= 0.3 is 0 Å². The monoisotopic (exact) mass is 287 g/mol. The molecule has 0 radical (unpaired) electrons. The van der Waals surface area contributed by atoms with Crippen molar-refractivity contribution in [3.8, 4) is 17.4 Å². The second kappa shape index (κ2) is 7.08. The maximum atomic E-state index is 5.00. The van der Waals surface area contributed by atoms with Crippen LogP contribution in [-0.2, 0) is 6.54 Å². The van der Waals surface area contributed by atoms with Crippen LogP contribution in [0, 0.1) is 13.8 Å². The summed E-state index contributed by atoms with van der Waals surface area (Å²) in [5.41, 5.74) is 3.74. The number of ether oxygens (including phenoxy) is 1. The van der Waals surface area contributed by atoms with Crippen LogP contribution < -0.4 is 10.1 Å². The zero-order valence-electron chi connectivity index (χ0n) is 13.0. The van der Waals surface area contributed by atoms with E-state index in [0.717, 1.165) is 36.5 Å². The molecular weight excluding hydrogens is 266 g/mol. The van der Waals surface area contributed by atoms with Gasteiger partial charge in [-0.3, -0.25) is 0 Å². The van der Waals surface area contributed by atoms with E-state index in [2.05, 4.69) is 32.4 Å². The normalized spacial score (nSPS) is 10.7. The van der Waals surface area contributed by atoms with Gasteiger partial charge in [0.05, 0.1) is 7.11 Å². The van der Waals surface area contributed by atoms with Crippen molar-refractivity contribution in [1.29, 1.82) is 0 Å². The molecule has 0 aliphatic carbocycles. The molecular formula is C15H21N5O. The molecule has 112 valence electrons. The van der Waals surface area contributed by atoms with Gasteiger partial charge in [0.2, 0.25) is 5.88 Å². The third-order valence-corrected chi connectivity index (χ3v) is 3.23. The number of rotatable bonds is 6. The Balaban J connectivity index is 2.25. The Kier molecular flexibility index (Phi) is 5.16. The van der Waals surface area contributed by atoms with Gasteiger partial charge in [-0.1, -0.05) is 6.92 Å². The molecule has 0 atom stereocenters. The summed E-state index contributed by atoms with van der Waals surface area (Å²) in [6.07, 6.45) is 1.11. The Hall–Kier alpha value is -2.08. The van der Waals surface area contributed by atoms with E-state index in [9.17, 15) is 0 Å². The van der Waals surface area contributed by atoms with Crippen molar-refractivity contribution in [2.24, 2.45) is 0 Å². The Morgan fingerprint density at radius 3 is 2.33 bits per heavy atom. The molecule has 1 N–H and O–H groups in total. The highest BCUT2D eigenvalue weighted by Gasteiger charge is 2.11. The van der Waals surface area contributed by atoms with E-state index in [1.54, 1.807) is 13.2 Å². The van der Waals surface area contributed by atoms with Crippen LogP contribution >= 0.6 is 0 Å². The van der Waals surface area contributed by atoms with Crippen LogP contribution in [0.2, 0.25) is 0 Å². The van der Waals surface area contributed by atoms with Gasteiger partial charge in [0.25, 0.3) is 0 Å². The smallest absolute Gasteiger partial charge is 0.233 e. The fraction of sp³-hybridized carbons (Fsp3) is 0.467. The van der Waals surface area contributed by atoms with Gasteiger partial charge in [0.15, 0.2) is 5.82 Å². The second-order valence-corrected chi connectivity index (χ2v) is 4.83. The predicted molar refractivity (Wildman–Crippen MR) is 81.1 cm³/mol. The van der Waals surface area contributed by atoms with Crippen LogP contribution in [0.3, 0.4) is 0 Å². The second-order valence-electron chi connectivity index (χ2n) is 4.83. The minimum atomic E-state index is 0.479. The molecule has 0 spiro atoms. The standard InChI is InChI=1S/C15H21N5O/c1-5-8-16-9-12-10(2)17-15(18-11(12)3)13-6-7-14(21-4)20-19-13/h6-7,16H,5,8-9H2,1-4H3. The Bertz CT molecular complexity index is 575. The lowest BCUT2D eigenvalue weighted by molar-refractivity contribution is 0.392. The third kappa shape index (κ3) is 3.72. The largest absolute Gasteiger partial charge is 0.480 e. The van der Waals surface area contributed by atoms with Gasteiger partial charge < -0.3 is 10.1 Å². The first-order chi connectivity index (χ1) is 10.2. The third-order valence-electron chi connectivity index (χ3n) is 3.23. The first kappa shape index (κ1) is 15.3. The quantitative estimate of drug-likeness (QED) is 0.820. The molecule has 21 heavy (non-hydrogen) atoms. The first-order valence-corrected chi connectivity index (χ1v) is 7.08. The predicted octanol–water partition coefficient (Wildman–Crippen LogP) is 2.06. The number of nitrogens with one attached hydrogen (secondary N) is 1. The fourth-order valence-corrected chi connectivity index (χ4v) is 2.05. The maximum Gasteiger partial charge on any atom is 0.233 e. The van der Waals surface area contributed by atoms with Crippen molar-refractivity contribution in [2.45, 2.75) is 33.7 Å². The van der Waals surface area contributed by atoms with Gasteiger partial charge in [0.1, 0.15) is 5.69 Å². The van der Waals surface area contributed by atoms with Crippen molar-refractivity contribution in [1.82, 2.24) is 25.5 Å². The summed E-state index contributed by atoms with van der Waals surface area (Å²) < 4.78 is 5.00. The molecule has 2 heterocycles. The van der Waals surface area contributed by atoms with Gasteiger partial charge in [-0.05, 0) is 32.9 Å². The van der Waals surface area contributed by atoms with Crippen molar-refractivity contribution in [3.63, 3.8) is 0 Å². The summed E-state index contributed by atoms with van der Waals surface area (Å²) in [5, 5.41) is 11.4. The van der Waals surface area contributed by atoms with Crippen molar-refractivity contribution >= 4 is 0 Å². The highest BCUT2D eigenvalue weighted by atomic mass is 16.5. The first-order valence-electron chi connectivity index (χ1n) is 7.08. The molecule has 2 aromatic rings. The minimum Gasteiger partial charge on any atom is -0.480 e. The van der Waals surface area contributed by atoms with E-state index >= 15 is 0 Å². The lowest BCUT2D eigenvalue weighted by atomic mass is 10.1. The molecule has 0 aliphatic rings.